The van der Waals surface area contributed by atoms with Crippen molar-refractivity contribution in [2.45, 2.75) is 0 Å². The number of amides is 1. The molecule has 0 unspecified atom stereocenters. The summed E-state index contributed by atoms with van der Waals surface area (Å²) in [4.78, 5) is 16.1. The fraction of sp³-hybridized carbons (Fsp3) is 0.500. The Bertz CT molecular complexity index is 473. The highest BCUT2D eigenvalue weighted by Gasteiger charge is 2.18. The number of likely N-dealkylation sites (N-methyl/N-ethyl adjacent to an activating group) is 1. The molecule has 2 rings (SSSR count). The van der Waals surface area contributed by atoms with Crippen molar-refractivity contribution in [1.82, 2.24) is 9.80 Å². The summed E-state index contributed by atoms with van der Waals surface area (Å²) < 4.78 is 18.2. The van der Waals surface area contributed by atoms with Crippen LogP contribution in [0, 0.1) is 5.82 Å². The summed E-state index contributed by atoms with van der Waals surface area (Å²) in [6.45, 7) is 3.51. The van der Waals surface area contributed by atoms with Gasteiger partial charge in [0.2, 0.25) is 5.91 Å². The van der Waals surface area contributed by atoms with Crippen LogP contribution in [0.25, 0.3) is 0 Å². The molecule has 1 aromatic rings. The van der Waals surface area contributed by atoms with Crippen molar-refractivity contribution in [2.24, 2.45) is 0 Å². The third-order valence-electron chi connectivity index (χ3n) is 3.45. The number of hydrogen-bond acceptors (Lipinski definition) is 4. The average molecular weight is 281 g/mol. The van der Waals surface area contributed by atoms with Gasteiger partial charge in [0.05, 0.1) is 13.7 Å². The summed E-state index contributed by atoms with van der Waals surface area (Å²) in [5.74, 6) is -0.188. The van der Waals surface area contributed by atoms with Crippen LogP contribution in [0.15, 0.2) is 18.2 Å². The molecule has 1 aromatic carbocycles. The second-order valence-electron chi connectivity index (χ2n) is 4.89. The highest BCUT2D eigenvalue weighted by atomic mass is 19.1. The molecule has 0 aromatic heterocycles. The van der Waals surface area contributed by atoms with Gasteiger partial charge in [-0.2, -0.15) is 0 Å². The molecule has 0 spiro atoms. The van der Waals surface area contributed by atoms with Crippen molar-refractivity contribution in [3.63, 3.8) is 0 Å². The first-order valence-electron chi connectivity index (χ1n) is 6.64. The lowest BCUT2D eigenvalue weighted by Gasteiger charge is -2.32. The number of rotatable bonds is 4. The van der Waals surface area contributed by atoms with Crippen LogP contribution in [0.3, 0.4) is 0 Å². The van der Waals surface area contributed by atoms with Crippen molar-refractivity contribution < 1.29 is 13.9 Å². The Balaban J connectivity index is 1.87. The van der Waals surface area contributed by atoms with E-state index in [2.05, 4.69) is 10.2 Å². The van der Waals surface area contributed by atoms with E-state index >= 15 is 0 Å². The Morgan fingerprint density at radius 3 is 2.70 bits per heavy atom. The molecule has 1 aliphatic heterocycles. The molecule has 0 atom stereocenters. The van der Waals surface area contributed by atoms with Gasteiger partial charge >= 0.3 is 0 Å². The smallest absolute Gasteiger partial charge is 0.241 e. The maximum atomic E-state index is 13.3. The monoisotopic (exact) mass is 281 g/mol. The largest absolute Gasteiger partial charge is 0.494 e. The van der Waals surface area contributed by atoms with Gasteiger partial charge in [0, 0.05) is 37.9 Å². The molecule has 1 aliphatic rings. The number of hydrogen-bond donors (Lipinski definition) is 1. The Kier molecular flexibility index (Phi) is 4.79. The van der Waals surface area contributed by atoms with Gasteiger partial charge in [-0.25, -0.2) is 4.39 Å². The van der Waals surface area contributed by atoms with Gasteiger partial charge in [0.25, 0.3) is 0 Å². The van der Waals surface area contributed by atoms with E-state index in [0.717, 1.165) is 26.2 Å². The summed E-state index contributed by atoms with van der Waals surface area (Å²) in [7, 11) is 3.46. The van der Waals surface area contributed by atoms with Gasteiger partial charge in [-0.1, -0.05) is 0 Å². The van der Waals surface area contributed by atoms with Gasteiger partial charge in [-0.3, -0.25) is 4.79 Å². The van der Waals surface area contributed by atoms with Gasteiger partial charge in [-0.05, 0) is 19.2 Å². The van der Waals surface area contributed by atoms with E-state index in [1.54, 1.807) is 12.1 Å². The third kappa shape index (κ3) is 3.60. The standard InChI is InChI=1S/C14H20FN3O2/c1-17-5-7-18(8-6-17)14(19)10-16-11-3-4-12(15)13(9-11)20-2/h3-4,9,16H,5-8,10H2,1-2H3. The van der Waals surface area contributed by atoms with Gasteiger partial charge in [0.15, 0.2) is 11.6 Å². The van der Waals surface area contributed by atoms with Crippen molar-refractivity contribution in [3.05, 3.63) is 24.0 Å². The Labute approximate surface area is 118 Å². The van der Waals surface area contributed by atoms with Crippen molar-refractivity contribution in [3.8, 4) is 5.75 Å². The molecule has 20 heavy (non-hydrogen) atoms. The lowest BCUT2D eigenvalue weighted by molar-refractivity contribution is -0.130. The normalized spacial score (nSPS) is 16.1. The van der Waals surface area contributed by atoms with Crippen LogP contribution < -0.4 is 10.1 Å². The summed E-state index contributed by atoms with van der Waals surface area (Å²) in [6.07, 6.45) is 0. The number of benzene rings is 1. The van der Waals surface area contributed by atoms with Crippen LogP contribution in [-0.2, 0) is 4.79 Å². The minimum atomic E-state index is -0.413. The van der Waals surface area contributed by atoms with Gasteiger partial charge in [-0.15, -0.1) is 0 Å². The molecule has 1 saturated heterocycles. The second kappa shape index (κ2) is 6.56. The van der Waals surface area contributed by atoms with Crippen LogP contribution in [0.1, 0.15) is 0 Å². The highest BCUT2D eigenvalue weighted by Crippen LogP contribution is 2.21. The van der Waals surface area contributed by atoms with Crippen LogP contribution in [0.2, 0.25) is 0 Å². The summed E-state index contributed by atoms with van der Waals surface area (Å²) in [6, 6.07) is 4.46. The summed E-state index contributed by atoms with van der Waals surface area (Å²) in [5, 5.41) is 3.00. The Hall–Kier alpha value is -1.82. The van der Waals surface area contributed by atoms with E-state index in [1.807, 2.05) is 11.9 Å². The predicted octanol–water partition coefficient (Wildman–Crippen LogP) is 1.02. The molecular formula is C14H20FN3O2. The molecule has 1 heterocycles. The molecule has 1 amide bonds. The lowest BCUT2D eigenvalue weighted by Crippen LogP contribution is -2.48. The van der Waals surface area contributed by atoms with E-state index in [4.69, 9.17) is 4.74 Å². The first-order valence-corrected chi connectivity index (χ1v) is 6.64. The fourth-order valence-electron chi connectivity index (χ4n) is 2.12. The zero-order chi connectivity index (χ0) is 14.5. The molecule has 0 aliphatic carbocycles. The zero-order valence-electron chi connectivity index (χ0n) is 11.9. The quantitative estimate of drug-likeness (QED) is 0.895. The number of carbonyl (C=O) groups excluding carboxylic acids is 1. The molecule has 0 saturated carbocycles. The van der Waals surface area contributed by atoms with Crippen LogP contribution in [0.4, 0.5) is 10.1 Å². The number of piperazine rings is 1. The minimum Gasteiger partial charge on any atom is -0.494 e. The molecular weight excluding hydrogens is 261 g/mol. The van der Waals surface area contributed by atoms with Crippen molar-refractivity contribution >= 4 is 11.6 Å². The third-order valence-corrected chi connectivity index (χ3v) is 3.45. The first kappa shape index (κ1) is 14.6. The summed E-state index contributed by atoms with van der Waals surface area (Å²) >= 11 is 0. The van der Waals surface area contributed by atoms with E-state index in [9.17, 15) is 9.18 Å². The fourth-order valence-corrected chi connectivity index (χ4v) is 2.12. The maximum Gasteiger partial charge on any atom is 0.241 e. The van der Waals surface area contributed by atoms with E-state index in [-0.39, 0.29) is 18.2 Å². The molecule has 0 bridgehead atoms. The topological polar surface area (TPSA) is 44.8 Å². The SMILES string of the molecule is COc1cc(NCC(=O)N2CCN(C)CC2)ccc1F. The Morgan fingerprint density at radius 2 is 2.05 bits per heavy atom. The van der Waals surface area contributed by atoms with E-state index in [1.165, 1.54) is 13.2 Å². The molecule has 5 nitrogen and oxygen atoms in total. The zero-order valence-corrected chi connectivity index (χ0v) is 11.9. The number of anilines is 1. The van der Waals surface area contributed by atoms with Crippen LogP contribution in [-0.4, -0.2) is 62.6 Å². The number of methoxy groups -OCH3 is 1. The average Bonchev–Trinajstić information content (AvgIpc) is 2.46. The first-order chi connectivity index (χ1) is 9.60. The van der Waals surface area contributed by atoms with Crippen molar-refractivity contribution in [2.75, 3.05) is 52.2 Å². The molecule has 0 radical (unpaired) electrons. The Morgan fingerprint density at radius 1 is 1.35 bits per heavy atom. The van der Waals surface area contributed by atoms with Gasteiger partial charge < -0.3 is 19.9 Å². The summed E-state index contributed by atoms with van der Waals surface area (Å²) in [5.41, 5.74) is 0.672. The maximum absolute atomic E-state index is 13.3. The molecule has 6 heteroatoms. The van der Waals surface area contributed by atoms with Crippen molar-refractivity contribution in [1.29, 1.82) is 0 Å². The van der Waals surface area contributed by atoms with Crippen LogP contribution >= 0.6 is 0 Å². The number of nitrogens with zero attached hydrogens (tertiary/aromatic N) is 2. The number of ether oxygens (including phenoxy) is 1. The minimum absolute atomic E-state index is 0.0568. The second-order valence-corrected chi connectivity index (χ2v) is 4.89. The van der Waals surface area contributed by atoms with E-state index in [0.29, 0.717) is 5.69 Å². The number of halogens is 1. The van der Waals surface area contributed by atoms with E-state index < -0.39 is 5.82 Å². The molecule has 1 fully saturated rings. The van der Waals surface area contributed by atoms with Gasteiger partial charge in [0.1, 0.15) is 0 Å². The molecule has 110 valence electrons. The predicted molar refractivity (Wildman–Crippen MR) is 75.5 cm³/mol. The highest BCUT2D eigenvalue weighted by molar-refractivity contribution is 5.81. The number of carbonyl (C=O) groups is 1. The molecule has 1 N–H and O–H groups in total. The lowest BCUT2D eigenvalue weighted by atomic mass is 10.2. The number of nitrogens with one attached hydrogen (secondary N) is 1. The van der Waals surface area contributed by atoms with Crippen LogP contribution in [0.5, 0.6) is 5.75 Å².